The molecule has 0 saturated carbocycles. The lowest BCUT2D eigenvalue weighted by Gasteiger charge is -2.12. The van der Waals surface area contributed by atoms with Gasteiger partial charge in [0.15, 0.2) is 0 Å². The smallest absolute Gasteiger partial charge is 0.328 e. The van der Waals surface area contributed by atoms with Crippen LogP contribution in [0.4, 0.5) is 4.39 Å². The Balaban J connectivity index is 1.73. The molecular weight excluding hydrogens is 335 g/mol. The van der Waals surface area contributed by atoms with E-state index in [4.69, 9.17) is 14.6 Å². The number of carboxylic acid groups (broad SMARTS) is 1. The third-order valence-corrected chi connectivity index (χ3v) is 3.75. The molecule has 0 aliphatic rings. The minimum absolute atomic E-state index is 0.267. The van der Waals surface area contributed by atoms with Gasteiger partial charge in [0.05, 0.1) is 0 Å². The highest BCUT2D eigenvalue weighted by Crippen LogP contribution is 2.29. The fraction of sp³-hybridized carbons (Fsp3) is 0.0952. The van der Waals surface area contributed by atoms with Gasteiger partial charge in [-0.15, -0.1) is 0 Å². The third kappa shape index (κ3) is 4.39. The van der Waals surface area contributed by atoms with E-state index in [9.17, 15) is 9.18 Å². The van der Waals surface area contributed by atoms with Crippen LogP contribution in [-0.4, -0.2) is 24.3 Å². The molecule has 0 spiro atoms. The van der Waals surface area contributed by atoms with Gasteiger partial charge in [0, 0.05) is 11.6 Å². The van der Waals surface area contributed by atoms with Gasteiger partial charge < -0.3 is 14.6 Å². The molecule has 0 fully saturated rings. The first kappa shape index (κ1) is 17.5. The zero-order chi connectivity index (χ0) is 18.4. The Kier molecular flexibility index (Phi) is 5.49. The van der Waals surface area contributed by atoms with Crippen molar-refractivity contribution in [3.63, 3.8) is 0 Å². The molecule has 0 radical (unpaired) electrons. The summed E-state index contributed by atoms with van der Waals surface area (Å²) in [7, 11) is 0. The van der Waals surface area contributed by atoms with Crippen LogP contribution in [0.5, 0.6) is 11.5 Å². The van der Waals surface area contributed by atoms with E-state index in [0.29, 0.717) is 17.1 Å². The first-order valence-electron chi connectivity index (χ1n) is 8.07. The summed E-state index contributed by atoms with van der Waals surface area (Å²) in [5.74, 6) is -0.216. The Morgan fingerprint density at radius 2 is 1.69 bits per heavy atom. The number of ether oxygens (including phenoxy) is 2. The van der Waals surface area contributed by atoms with Crippen LogP contribution in [0.15, 0.2) is 66.7 Å². The maximum atomic E-state index is 12.9. The number of aliphatic carboxylic acids is 1. The summed E-state index contributed by atoms with van der Waals surface area (Å²) < 4.78 is 24.2. The first-order chi connectivity index (χ1) is 12.6. The molecule has 3 aromatic carbocycles. The Morgan fingerprint density at radius 3 is 2.46 bits per heavy atom. The normalized spacial score (nSPS) is 11.0. The van der Waals surface area contributed by atoms with Gasteiger partial charge >= 0.3 is 5.97 Å². The van der Waals surface area contributed by atoms with E-state index in [1.54, 1.807) is 12.1 Å². The van der Waals surface area contributed by atoms with E-state index in [0.717, 1.165) is 16.8 Å². The summed E-state index contributed by atoms with van der Waals surface area (Å²) in [6.45, 7) is 0.546. The zero-order valence-electron chi connectivity index (χ0n) is 13.9. The second-order valence-electron chi connectivity index (χ2n) is 5.52. The minimum Gasteiger partial charge on any atom is -0.490 e. The van der Waals surface area contributed by atoms with Crippen LogP contribution < -0.4 is 9.47 Å². The topological polar surface area (TPSA) is 55.8 Å². The number of benzene rings is 3. The van der Waals surface area contributed by atoms with Gasteiger partial charge in [-0.3, -0.25) is 0 Å². The Hall–Kier alpha value is -3.34. The summed E-state index contributed by atoms with van der Waals surface area (Å²) >= 11 is 0. The SMILES string of the molecule is O=C(O)C=Cc1c(OCCOc2ccc(F)cc2)ccc2ccccc12. The highest BCUT2D eigenvalue weighted by atomic mass is 19.1. The number of carbonyl (C=O) groups is 1. The molecule has 5 heteroatoms. The monoisotopic (exact) mass is 352 g/mol. The van der Waals surface area contributed by atoms with Gasteiger partial charge in [-0.25, -0.2) is 9.18 Å². The number of hydrogen-bond acceptors (Lipinski definition) is 3. The zero-order valence-corrected chi connectivity index (χ0v) is 13.9. The van der Waals surface area contributed by atoms with Gasteiger partial charge in [0.2, 0.25) is 0 Å². The van der Waals surface area contributed by atoms with Crippen LogP contribution in [0.25, 0.3) is 16.8 Å². The number of carboxylic acids is 1. The minimum atomic E-state index is -1.02. The van der Waals surface area contributed by atoms with Crippen LogP contribution >= 0.6 is 0 Å². The molecule has 0 bridgehead atoms. The molecule has 0 aromatic heterocycles. The van der Waals surface area contributed by atoms with Crippen molar-refractivity contribution in [3.05, 3.63) is 78.1 Å². The Morgan fingerprint density at radius 1 is 0.962 bits per heavy atom. The second-order valence-corrected chi connectivity index (χ2v) is 5.52. The molecule has 0 saturated heterocycles. The van der Waals surface area contributed by atoms with Gasteiger partial charge in [-0.1, -0.05) is 30.3 Å². The molecular formula is C21H17FO4. The molecule has 4 nitrogen and oxygen atoms in total. The summed E-state index contributed by atoms with van der Waals surface area (Å²) in [5, 5.41) is 10.8. The molecule has 0 heterocycles. The summed E-state index contributed by atoms with van der Waals surface area (Å²) in [4.78, 5) is 10.9. The number of fused-ring (bicyclic) bond motifs is 1. The van der Waals surface area contributed by atoms with Crippen molar-refractivity contribution < 1.29 is 23.8 Å². The Labute approximate surface area is 150 Å². The van der Waals surface area contributed by atoms with E-state index < -0.39 is 5.97 Å². The van der Waals surface area contributed by atoms with Crippen molar-refractivity contribution in [2.24, 2.45) is 0 Å². The van der Waals surface area contributed by atoms with E-state index in [1.165, 1.54) is 18.2 Å². The average molecular weight is 352 g/mol. The first-order valence-corrected chi connectivity index (χ1v) is 8.07. The summed E-state index contributed by atoms with van der Waals surface area (Å²) in [6, 6.07) is 17.2. The van der Waals surface area contributed by atoms with Crippen LogP contribution in [0.2, 0.25) is 0 Å². The van der Waals surface area contributed by atoms with Crippen molar-refractivity contribution >= 4 is 22.8 Å². The maximum absolute atomic E-state index is 12.9. The van der Waals surface area contributed by atoms with Crippen LogP contribution in [-0.2, 0) is 4.79 Å². The lowest BCUT2D eigenvalue weighted by atomic mass is 10.0. The third-order valence-electron chi connectivity index (χ3n) is 3.75. The van der Waals surface area contributed by atoms with Crippen LogP contribution in [0, 0.1) is 5.82 Å². The van der Waals surface area contributed by atoms with Gasteiger partial charge in [0.25, 0.3) is 0 Å². The highest BCUT2D eigenvalue weighted by Gasteiger charge is 2.07. The molecule has 0 atom stereocenters. The molecule has 0 unspecified atom stereocenters. The highest BCUT2D eigenvalue weighted by molar-refractivity contribution is 5.96. The van der Waals surface area contributed by atoms with E-state index in [2.05, 4.69) is 0 Å². The van der Waals surface area contributed by atoms with Crippen molar-refractivity contribution in [1.29, 1.82) is 0 Å². The molecule has 0 aliphatic heterocycles. The number of hydrogen-bond donors (Lipinski definition) is 1. The molecule has 0 aliphatic carbocycles. The molecule has 1 N–H and O–H groups in total. The maximum Gasteiger partial charge on any atom is 0.328 e. The molecule has 3 rings (SSSR count). The summed E-state index contributed by atoms with van der Waals surface area (Å²) in [6.07, 6.45) is 2.62. The van der Waals surface area contributed by atoms with E-state index >= 15 is 0 Å². The fourth-order valence-electron chi connectivity index (χ4n) is 2.57. The molecule has 26 heavy (non-hydrogen) atoms. The lowest BCUT2D eigenvalue weighted by molar-refractivity contribution is -0.131. The van der Waals surface area contributed by atoms with Crippen LogP contribution in [0.1, 0.15) is 5.56 Å². The lowest BCUT2D eigenvalue weighted by Crippen LogP contribution is -2.09. The van der Waals surface area contributed by atoms with Crippen molar-refractivity contribution in [2.45, 2.75) is 0 Å². The molecule has 3 aromatic rings. The molecule has 132 valence electrons. The van der Waals surface area contributed by atoms with Crippen molar-refractivity contribution in [1.82, 2.24) is 0 Å². The van der Waals surface area contributed by atoms with Crippen molar-refractivity contribution in [3.8, 4) is 11.5 Å². The standard InChI is InChI=1S/C21H17FO4/c22-16-6-8-17(9-7-16)25-13-14-26-20-11-5-15-3-1-2-4-18(15)19(20)10-12-21(23)24/h1-12H,13-14H2,(H,23,24). The van der Waals surface area contributed by atoms with E-state index in [-0.39, 0.29) is 19.0 Å². The molecule has 0 amide bonds. The van der Waals surface area contributed by atoms with Gasteiger partial charge in [-0.2, -0.15) is 0 Å². The predicted octanol–water partition coefficient (Wildman–Crippen LogP) is 4.53. The fourth-order valence-corrected chi connectivity index (χ4v) is 2.57. The Bertz CT molecular complexity index is 932. The summed E-state index contributed by atoms with van der Waals surface area (Å²) in [5.41, 5.74) is 0.701. The quantitative estimate of drug-likeness (QED) is 0.501. The van der Waals surface area contributed by atoms with Gasteiger partial charge in [0.1, 0.15) is 30.5 Å². The van der Waals surface area contributed by atoms with Gasteiger partial charge in [-0.05, 0) is 47.2 Å². The predicted molar refractivity (Wildman–Crippen MR) is 98.0 cm³/mol. The van der Waals surface area contributed by atoms with Crippen molar-refractivity contribution in [2.75, 3.05) is 13.2 Å². The second kappa shape index (κ2) is 8.16. The average Bonchev–Trinajstić information content (AvgIpc) is 2.65. The van der Waals surface area contributed by atoms with E-state index in [1.807, 2.05) is 36.4 Å². The largest absolute Gasteiger partial charge is 0.490 e. The number of halogens is 1. The number of rotatable bonds is 7. The van der Waals surface area contributed by atoms with Crippen LogP contribution in [0.3, 0.4) is 0 Å².